The number of aryl methyl sites for hydroxylation is 2. The van der Waals surface area contributed by atoms with E-state index in [1.807, 2.05) is 38.1 Å². The zero-order valence-electron chi connectivity index (χ0n) is 14.0. The average molecular weight is 354 g/mol. The van der Waals surface area contributed by atoms with Gasteiger partial charge in [0.05, 0.1) is 0 Å². The smallest absolute Gasteiger partial charge is 0.211 e. The van der Waals surface area contributed by atoms with Crippen LogP contribution in [-0.4, -0.2) is 20.3 Å². The van der Waals surface area contributed by atoms with Crippen molar-refractivity contribution < 1.29 is 33.6 Å². The molecule has 0 saturated heterocycles. The number of hydrogen-bond acceptors (Lipinski definition) is 6. The molecular weight excluding hydrogens is 334 g/mol. The molecule has 2 aromatic rings. The first-order chi connectivity index (χ1) is 11.1. The van der Waals surface area contributed by atoms with Crippen molar-refractivity contribution in [2.24, 2.45) is 5.10 Å². The van der Waals surface area contributed by atoms with E-state index < -0.39 is 10.2 Å². The second-order valence-electron chi connectivity index (χ2n) is 5.30. The van der Waals surface area contributed by atoms with Crippen LogP contribution in [0.4, 0.5) is 5.69 Å². The van der Waals surface area contributed by atoms with Gasteiger partial charge >= 0.3 is 0 Å². The highest BCUT2D eigenvalue weighted by atomic mass is 35.7. The highest BCUT2D eigenvalue weighted by Gasteiger charge is 2.04. The lowest BCUT2D eigenvalue weighted by Gasteiger charge is -2.17. The first-order valence-electron chi connectivity index (χ1n) is 6.98. The van der Waals surface area contributed by atoms with Gasteiger partial charge in [-0.3, -0.25) is 0 Å². The predicted octanol–water partition coefficient (Wildman–Crippen LogP) is -2.22. The third-order valence-electron chi connectivity index (χ3n) is 3.02. The quantitative estimate of drug-likeness (QED) is 0.458. The van der Waals surface area contributed by atoms with E-state index in [1.165, 1.54) is 11.3 Å². The van der Waals surface area contributed by atoms with E-state index in [0.717, 1.165) is 11.3 Å². The lowest BCUT2D eigenvalue weighted by Crippen LogP contribution is -2.68. The van der Waals surface area contributed by atoms with Crippen molar-refractivity contribution in [2.45, 2.75) is 13.8 Å². The number of anilines is 1. The van der Waals surface area contributed by atoms with Crippen LogP contribution in [-0.2, 0) is 0 Å². The Hall–Kier alpha value is -2.03. The van der Waals surface area contributed by atoms with Gasteiger partial charge in [-0.2, -0.15) is 0 Å². The number of pyridine rings is 1. The molecule has 0 aliphatic rings. The monoisotopic (exact) mass is 353 g/mol. The maximum absolute atomic E-state index is 8.49. The summed E-state index contributed by atoms with van der Waals surface area (Å²) in [4.78, 5) is 2.08. The van der Waals surface area contributed by atoms with Crippen LogP contribution in [0, 0.1) is 24.1 Å². The number of benzene rings is 1. The summed E-state index contributed by atoms with van der Waals surface area (Å²) in [7, 11) is -0.871. The molecule has 2 rings (SSSR count). The summed E-state index contributed by atoms with van der Waals surface area (Å²) >= 11 is 0. The van der Waals surface area contributed by atoms with Gasteiger partial charge in [0.1, 0.15) is 6.21 Å². The second-order valence-corrected chi connectivity index (χ2v) is 6.06. The minimum atomic E-state index is -4.94. The molecule has 0 radical (unpaired) electrons. The molecule has 0 N–H and O–H groups in total. The Bertz CT molecular complexity index is 677. The Morgan fingerprint density at radius 1 is 0.958 bits per heavy atom. The SMILES string of the molecule is Cc1ccc(C)[n+](/N=C/c2ccc(N(C)C)cc2)c1.[O-][Cl+3]([O-])([O-])[O-]. The summed E-state index contributed by atoms with van der Waals surface area (Å²) < 4.78 is 35.9. The van der Waals surface area contributed by atoms with E-state index >= 15 is 0 Å². The summed E-state index contributed by atoms with van der Waals surface area (Å²) in [6.07, 6.45) is 3.91. The van der Waals surface area contributed by atoms with Crippen molar-refractivity contribution >= 4 is 11.9 Å². The van der Waals surface area contributed by atoms with Gasteiger partial charge in [0.15, 0.2) is 0 Å². The highest BCUT2D eigenvalue weighted by molar-refractivity contribution is 5.79. The Balaban J connectivity index is 0.000000505. The maximum atomic E-state index is 8.49. The van der Waals surface area contributed by atoms with E-state index in [4.69, 9.17) is 18.6 Å². The fraction of sp³-hybridized carbons (Fsp3) is 0.250. The molecule has 1 heterocycles. The Morgan fingerprint density at radius 3 is 2.00 bits per heavy atom. The van der Waals surface area contributed by atoms with Gasteiger partial charge in [-0.15, -0.1) is 10.2 Å². The fourth-order valence-corrected chi connectivity index (χ4v) is 1.78. The Morgan fingerprint density at radius 2 is 1.50 bits per heavy atom. The first-order valence-corrected chi connectivity index (χ1v) is 8.22. The molecule has 130 valence electrons. The van der Waals surface area contributed by atoms with Crippen molar-refractivity contribution in [1.82, 2.24) is 0 Å². The number of nitrogens with zero attached hydrogens (tertiary/aromatic N) is 3. The van der Waals surface area contributed by atoms with Crippen molar-refractivity contribution in [2.75, 3.05) is 19.0 Å². The standard InChI is InChI=1S/C16H20N3.ClHO4/c1-13-5-6-14(2)19(12-13)17-11-15-7-9-16(10-8-15)18(3)4;2-1(3,4)5/h5-12H,1-4H3;(H,2,3,4,5)/q+1;/p-1/b17-11+;. The van der Waals surface area contributed by atoms with Crippen molar-refractivity contribution in [3.05, 3.63) is 59.4 Å². The second kappa shape index (κ2) is 8.72. The number of rotatable bonds is 3. The van der Waals surface area contributed by atoms with Crippen LogP contribution in [0.15, 0.2) is 47.7 Å². The molecule has 0 aliphatic heterocycles. The topological polar surface area (TPSA) is 112 Å². The van der Waals surface area contributed by atoms with E-state index in [-0.39, 0.29) is 0 Å². The summed E-state index contributed by atoms with van der Waals surface area (Å²) in [5.41, 5.74) is 4.60. The molecule has 1 aromatic carbocycles. The Kier molecular flexibility index (Phi) is 7.27. The van der Waals surface area contributed by atoms with Gasteiger partial charge in [0.2, 0.25) is 11.9 Å². The summed E-state index contributed by atoms with van der Waals surface area (Å²) in [5.74, 6) is 0. The molecule has 8 heteroatoms. The van der Waals surface area contributed by atoms with Crippen LogP contribution >= 0.6 is 0 Å². The van der Waals surface area contributed by atoms with E-state index in [9.17, 15) is 0 Å². The number of halogens is 1. The van der Waals surface area contributed by atoms with Gasteiger partial charge < -0.3 is 4.90 Å². The van der Waals surface area contributed by atoms with E-state index in [0.29, 0.717) is 0 Å². The molecule has 0 spiro atoms. The molecule has 0 bridgehead atoms. The molecule has 0 amide bonds. The van der Waals surface area contributed by atoms with Crippen LogP contribution in [0.5, 0.6) is 0 Å². The minimum absolute atomic E-state index is 1.10. The third-order valence-corrected chi connectivity index (χ3v) is 3.02. The first kappa shape index (κ1) is 20.0. The summed E-state index contributed by atoms with van der Waals surface area (Å²) in [6, 6.07) is 12.5. The molecule has 1 aromatic heterocycles. The van der Waals surface area contributed by atoms with Crippen molar-refractivity contribution in [1.29, 1.82) is 0 Å². The van der Waals surface area contributed by atoms with Gasteiger partial charge in [0, 0.05) is 38.3 Å². The molecule has 0 fully saturated rings. The molecule has 0 unspecified atom stereocenters. The molecule has 0 atom stereocenters. The zero-order chi connectivity index (χ0) is 18.3. The predicted molar refractivity (Wildman–Crippen MR) is 79.9 cm³/mol. The number of hydrogen-bond donors (Lipinski definition) is 0. The molecule has 0 saturated carbocycles. The normalized spacial score (nSPS) is 11.2. The van der Waals surface area contributed by atoms with Crippen molar-refractivity contribution in [3.63, 3.8) is 0 Å². The summed E-state index contributed by atoms with van der Waals surface area (Å²) in [6.45, 7) is 4.11. The minimum Gasteiger partial charge on any atom is -0.378 e. The van der Waals surface area contributed by atoms with Gasteiger partial charge in [-0.25, -0.2) is 18.6 Å². The molecule has 0 aliphatic carbocycles. The lowest BCUT2D eigenvalue weighted by atomic mass is 10.2. The Labute approximate surface area is 143 Å². The van der Waals surface area contributed by atoms with Gasteiger partial charge in [-0.1, -0.05) is 16.8 Å². The molecular formula is C16H20ClN3O4. The van der Waals surface area contributed by atoms with Crippen LogP contribution < -0.4 is 28.2 Å². The van der Waals surface area contributed by atoms with E-state index in [2.05, 4.69) is 53.3 Å². The lowest BCUT2D eigenvalue weighted by molar-refractivity contribution is -2.00. The maximum Gasteiger partial charge on any atom is 0.211 e. The highest BCUT2D eigenvalue weighted by Crippen LogP contribution is 2.10. The van der Waals surface area contributed by atoms with Gasteiger partial charge in [-0.05, 0) is 35.8 Å². The van der Waals surface area contributed by atoms with Crippen LogP contribution in [0.1, 0.15) is 16.8 Å². The van der Waals surface area contributed by atoms with Crippen LogP contribution in [0.3, 0.4) is 0 Å². The average Bonchev–Trinajstić information content (AvgIpc) is 2.47. The largest absolute Gasteiger partial charge is 0.378 e. The summed E-state index contributed by atoms with van der Waals surface area (Å²) in [5, 5.41) is 4.49. The van der Waals surface area contributed by atoms with E-state index in [1.54, 1.807) is 0 Å². The van der Waals surface area contributed by atoms with Crippen LogP contribution in [0.25, 0.3) is 0 Å². The molecule has 7 nitrogen and oxygen atoms in total. The number of aromatic nitrogens is 1. The molecule has 24 heavy (non-hydrogen) atoms. The van der Waals surface area contributed by atoms with Gasteiger partial charge in [0.25, 0.3) is 0 Å². The van der Waals surface area contributed by atoms with Crippen LogP contribution in [0.2, 0.25) is 0 Å². The van der Waals surface area contributed by atoms with Crippen molar-refractivity contribution in [3.8, 4) is 0 Å². The third kappa shape index (κ3) is 8.00. The zero-order valence-corrected chi connectivity index (χ0v) is 14.7. The fourth-order valence-electron chi connectivity index (χ4n) is 1.78.